The molecule has 1 fully saturated rings. The molecular formula is C19H24Cl2N6O. The molecule has 0 radical (unpaired) electrons. The second-order valence-corrected chi connectivity index (χ2v) is 6.71. The minimum Gasteiger partial charge on any atom is -0.337 e. The predicted molar refractivity (Wildman–Crippen MR) is 114 cm³/mol. The standard InChI is InChI=1S/C19H22N6O.2ClH/c1-13-18(19(26)24(2)15-7-10-20-11-8-15)22-23-25(13)16-5-6-17-14(12-16)4-3-9-21-17;;/h3-6,9,12,15,20H,7-8,10-11H2,1-2H3;2*1H. The molecule has 0 saturated carbocycles. The van der Waals surface area contributed by atoms with Crippen molar-refractivity contribution in [2.45, 2.75) is 25.8 Å². The maximum absolute atomic E-state index is 12.9. The minimum atomic E-state index is -0.0666. The van der Waals surface area contributed by atoms with E-state index in [0.29, 0.717) is 5.69 Å². The number of rotatable bonds is 3. The van der Waals surface area contributed by atoms with Crippen LogP contribution in [0.1, 0.15) is 29.0 Å². The molecule has 0 bridgehead atoms. The highest BCUT2D eigenvalue weighted by molar-refractivity contribution is 5.93. The van der Waals surface area contributed by atoms with Crippen LogP contribution in [0.3, 0.4) is 0 Å². The van der Waals surface area contributed by atoms with Gasteiger partial charge in [-0.25, -0.2) is 4.68 Å². The number of carbonyl (C=O) groups excluding carboxylic acids is 1. The van der Waals surface area contributed by atoms with Gasteiger partial charge in [-0.15, -0.1) is 29.9 Å². The first-order valence-corrected chi connectivity index (χ1v) is 8.90. The average molecular weight is 423 g/mol. The van der Waals surface area contributed by atoms with Crippen molar-refractivity contribution >= 4 is 41.6 Å². The Balaban J connectivity index is 0.00000140. The highest BCUT2D eigenvalue weighted by Crippen LogP contribution is 2.20. The number of benzene rings is 1. The van der Waals surface area contributed by atoms with E-state index in [1.54, 1.807) is 10.9 Å². The average Bonchev–Trinajstić information content (AvgIpc) is 3.08. The summed E-state index contributed by atoms with van der Waals surface area (Å²) >= 11 is 0. The van der Waals surface area contributed by atoms with Crippen molar-refractivity contribution in [1.82, 2.24) is 30.2 Å². The van der Waals surface area contributed by atoms with Gasteiger partial charge in [0.2, 0.25) is 0 Å². The number of nitrogens with zero attached hydrogens (tertiary/aromatic N) is 5. The number of halogens is 2. The molecule has 2 aromatic heterocycles. The third-order valence-electron chi connectivity index (χ3n) is 5.11. The van der Waals surface area contributed by atoms with Gasteiger partial charge >= 0.3 is 0 Å². The first kappa shape index (κ1) is 22.1. The van der Waals surface area contributed by atoms with E-state index in [-0.39, 0.29) is 36.8 Å². The summed E-state index contributed by atoms with van der Waals surface area (Å²) in [7, 11) is 1.86. The van der Waals surface area contributed by atoms with Crippen LogP contribution in [0.4, 0.5) is 0 Å². The third-order valence-corrected chi connectivity index (χ3v) is 5.11. The van der Waals surface area contributed by atoms with Gasteiger partial charge in [0.15, 0.2) is 5.69 Å². The lowest BCUT2D eigenvalue weighted by Crippen LogP contribution is -2.44. The van der Waals surface area contributed by atoms with Crippen LogP contribution >= 0.6 is 24.8 Å². The topological polar surface area (TPSA) is 75.9 Å². The van der Waals surface area contributed by atoms with E-state index in [2.05, 4.69) is 20.6 Å². The van der Waals surface area contributed by atoms with E-state index >= 15 is 0 Å². The van der Waals surface area contributed by atoms with Gasteiger partial charge in [0.1, 0.15) is 0 Å². The van der Waals surface area contributed by atoms with E-state index in [9.17, 15) is 4.79 Å². The molecule has 1 aromatic carbocycles. The molecule has 7 nitrogen and oxygen atoms in total. The van der Waals surface area contributed by atoms with Crippen LogP contribution in [0.5, 0.6) is 0 Å². The summed E-state index contributed by atoms with van der Waals surface area (Å²) in [6.07, 6.45) is 3.70. The highest BCUT2D eigenvalue weighted by atomic mass is 35.5. The summed E-state index contributed by atoms with van der Waals surface area (Å²) in [5, 5.41) is 12.8. The van der Waals surface area contributed by atoms with Crippen LogP contribution in [-0.2, 0) is 0 Å². The fourth-order valence-electron chi connectivity index (χ4n) is 3.49. The second-order valence-electron chi connectivity index (χ2n) is 6.71. The number of hydrogen-bond donors (Lipinski definition) is 1. The number of pyridine rings is 1. The van der Waals surface area contributed by atoms with Crippen molar-refractivity contribution in [3.05, 3.63) is 47.9 Å². The minimum absolute atomic E-state index is 0. The number of nitrogens with one attached hydrogen (secondary N) is 1. The molecule has 0 aliphatic carbocycles. The lowest BCUT2D eigenvalue weighted by molar-refractivity contribution is 0.0696. The van der Waals surface area contributed by atoms with E-state index in [4.69, 9.17) is 0 Å². The van der Waals surface area contributed by atoms with Gasteiger partial charge in [0.25, 0.3) is 5.91 Å². The molecule has 150 valence electrons. The maximum Gasteiger partial charge on any atom is 0.276 e. The van der Waals surface area contributed by atoms with Crippen molar-refractivity contribution in [2.24, 2.45) is 0 Å². The van der Waals surface area contributed by atoms with Crippen LogP contribution < -0.4 is 5.32 Å². The molecule has 0 atom stereocenters. The summed E-state index contributed by atoms with van der Waals surface area (Å²) in [4.78, 5) is 19.0. The van der Waals surface area contributed by atoms with E-state index in [0.717, 1.165) is 48.2 Å². The van der Waals surface area contributed by atoms with Gasteiger partial charge in [-0.3, -0.25) is 9.78 Å². The zero-order valence-corrected chi connectivity index (χ0v) is 17.5. The Bertz CT molecular complexity index is 955. The molecule has 1 aliphatic heterocycles. The maximum atomic E-state index is 12.9. The monoisotopic (exact) mass is 422 g/mol. The van der Waals surface area contributed by atoms with Crippen LogP contribution in [0.2, 0.25) is 0 Å². The number of hydrogen-bond acceptors (Lipinski definition) is 5. The van der Waals surface area contributed by atoms with Crippen molar-refractivity contribution in [3.63, 3.8) is 0 Å². The molecule has 0 spiro atoms. The number of amides is 1. The fraction of sp³-hybridized carbons (Fsp3) is 0.368. The lowest BCUT2D eigenvalue weighted by Gasteiger charge is -2.31. The molecule has 3 aromatic rings. The Morgan fingerprint density at radius 1 is 1.21 bits per heavy atom. The summed E-state index contributed by atoms with van der Waals surface area (Å²) in [5.74, 6) is -0.0666. The Labute approximate surface area is 176 Å². The van der Waals surface area contributed by atoms with Crippen molar-refractivity contribution in [2.75, 3.05) is 20.1 Å². The van der Waals surface area contributed by atoms with Crippen molar-refractivity contribution in [3.8, 4) is 5.69 Å². The first-order valence-electron chi connectivity index (χ1n) is 8.90. The Kier molecular flexibility index (Phi) is 7.35. The Hall–Kier alpha value is -2.22. The number of carbonyl (C=O) groups is 1. The smallest absolute Gasteiger partial charge is 0.276 e. The quantitative estimate of drug-likeness (QED) is 0.701. The summed E-state index contributed by atoms with van der Waals surface area (Å²) in [5.41, 5.74) is 2.96. The summed E-state index contributed by atoms with van der Waals surface area (Å²) < 4.78 is 1.72. The summed E-state index contributed by atoms with van der Waals surface area (Å²) in [6.45, 7) is 3.77. The van der Waals surface area contributed by atoms with Crippen LogP contribution in [-0.4, -0.2) is 57.0 Å². The summed E-state index contributed by atoms with van der Waals surface area (Å²) in [6, 6.07) is 10.1. The molecule has 28 heavy (non-hydrogen) atoms. The second kappa shape index (κ2) is 9.32. The van der Waals surface area contributed by atoms with E-state index < -0.39 is 0 Å². The Morgan fingerprint density at radius 3 is 2.71 bits per heavy atom. The van der Waals surface area contributed by atoms with E-state index in [1.807, 2.05) is 49.2 Å². The van der Waals surface area contributed by atoms with Crippen LogP contribution in [0.25, 0.3) is 16.6 Å². The van der Waals surface area contributed by atoms with Gasteiger partial charge in [0.05, 0.1) is 16.9 Å². The van der Waals surface area contributed by atoms with Crippen LogP contribution in [0, 0.1) is 6.92 Å². The SMILES string of the molecule is Cc1c(C(=O)N(C)C2CCNCC2)nnn1-c1ccc2ncccc2c1.Cl.Cl. The molecule has 3 heterocycles. The first-order chi connectivity index (χ1) is 12.6. The fourth-order valence-corrected chi connectivity index (χ4v) is 3.49. The van der Waals surface area contributed by atoms with Gasteiger partial charge in [0, 0.05) is 24.7 Å². The van der Waals surface area contributed by atoms with E-state index in [1.165, 1.54) is 0 Å². The largest absolute Gasteiger partial charge is 0.337 e. The number of fused-ring (bicyclic) bond motifs is 1. The molecular weight excluding hydrogens is 399 g/mol. The lowest BCUT2D eigenvalue weighted by atomic mass is 10.0. The molecule has 1 amide bonds. The van der Waals surface area contributed by atoms with Gasteiger partial charge < -0.3 is 10.2 Å². The third kappa shape index (κ3) is 4.11. The molecule has 1 aliphatic rings. The number of piperidine rings is 1. The number of aromatic nitrogens is 4. The molecule has 1 N–H and O–H groups in total. The van der Waals surface area contributed by atoms with Crippen molar-refractivity contribution in [1.29, 1.82) is 0 Å². The van der Waals surface area contributed by atoms with Crippen molar-refractivity contribution < 1.29 is 4.79 Å². The predicted octanol–water partition coefficient (Wildman–Crippen LogP) is 2.79. The van der Waals surface area contributed by atoms with Gasteiger partial charge in [-0.1, -0.05) is 11.3 Å². The molecule has 1 saturated heterocycles. The molecule has 4 rings (SSSR count). The van der Waals surface area contributed by atoms with Crippen LogP contribution in [0.15, 0.2) is 36.5 Å². The molecule has 0 unspecified atom stereocenters. The highest BCUT2D eigenvalue weighted by Gasteiger charge is 2.26. The zero-order chi connectivity index (χ0) is 18.1. The zero-order valence-electron chi connectivity index (χ0n) is 15.8. The van der Waals surface area contributed by atoms with Gasteiger partial charge in [-0.2, -0.15) is 0 Å². The van der Waals surface area contributed by atoms with Gasteiger partial charge in [-0.05, 0) is 57.1 Å². The Morgan fingerprint density at radius 2 is 1.96 bits per heavy atom. The normalized spacial score (nSPS) is 14.2. The molecule has 9 heteroatoms.